The number of nitrogens with zero attached hydrogens (tertiary/aromatic N) is 13. The molecule has 21 heteroatoms. The first-order valence-corrected chi connectivity index (χ1v) is 22.8. The summed E-state index contributed by atoms with van der Waals surface area (Å²) >= 11 is 6.16. The number of anilines is 2. The summed E-state index contributed by atoms with van der Waals surface area (Å²) in [5.41, 5.74) is 11.3. The minimum Gasteiger partial charge on any atom is -0.365 e. The fourth-order valence-corrected chi connectivity index (χ4v) is 7.30. The summed E-state index contributed by atoms with van der Waals surface area (Å²) in [6, 6.07) is 11.5. The summed E-state index contributed by atoms with van der Waals surface area (Å²) in [4.78, 5) is 72.2. The van der Waals surface area contributed by atoms with Crippen LogP contribution >= 0.6 is 11.6 Å². The quantitative estimate of drug-likeness (QED) is 0.0703. The molecule has 0 unspecified atom stereocenters. The second-order valence-corrected chi connectivity index (χ2v) is 16.8. The molecule has 0 bridgehead atoms. The molecule has 9 aromatic rings. The summed E-state index contributed by atoms with van der Waals surface area (Å²) in [6.45, 7) is 15.7. The summed E-state index contributed by atoms with van der Waals surface area (Å²) in [7, 11) is 0. The molecule has 6 N–H and O–H groups in total. The fraction of sp³-hybridized carbons (Fsp3) is 0.265. The van der Waals surface area contributed by atoms with Crippen molar-refractivity contribution < 1.29 is 0 Å². The first-order chi connectivity index (χ1) is 33.8. The van der Waals surface area contributed by atoms with Crippen LogP contribution in [0.3, 0.4) is 0 Å². The van der Waals surface area contributed by atoms with E-state index in [9.17, 15) is 9.59 Å². The Balaban J connectivity index is 0.000000162. The molecule has 0 fully saturated rings. The normalized spacial score (nSPS) is 10.7. The predicted octanol–water partition coefficient (Wildman–Crippen LogP) is 7.46. The van der Waals surface area contributed by atoms with Crippen molar-refractivity contribution in [2.75, 3.05) is 10.6 Å². The smallest absolute Gasteiger partial charge is 0.257 e. The van der Waals surface area contributed by atoms with Crippen LogP contribution in [0.15, 0.2) is 139 Å². The Hall–Kier alpha value is -8.23. The number of H-pyrrole nitrogens is 2. The Kier molecular flexibility index (Phi) is 18.4. The number of aromatic amines is 2. The molecule has 0 saturated carbocycles. The average molecular weight is 966 g/mol. The van der Waals surface area contributed by atoms with E-state index in [0.29, 0.717) is 71.3 Å². The van der Waals surface area contributed by atoms with Gasteiger partial charge in [-0.15, -0.1) is 0 Å². The van der Waals surface area contributed by atoms with Crippen molar-refractivity contribution in [1.29, 1.82) is 0 Å². The monoisotopic (exact) mass is 964 g/mol. The molecule has 0 aliphatic rings. The van der Waals surface area contributed by atoms with E-state index in [2.05, 4.69) is 84.3 Å². The van der Waals surface area contributed by atoms with Gasteiger partial charge in [-0.05, 0) is 59.6 Å². The van der Waals surface area contributed by atoms with Gasteiger partial charge in [-0.1, -0.05) is 71.3 Å². The number of aryl methyl sites for hydroxylation is 1. The Bertz CT molecular complexity index is 2900. The molecule has 0 aliphatic heterocycles. The molecule has 0 aliphatic carbocycles. The zero-order valence-corrected chi connectivity index (χ0v) is 40.8. The summed E-state index contributed by atoms with van der Waals surface area (Å²) in [5.74, 6) is 3.02. The summed E-state index contributed by atoms with van der Waals surface area (Å²) < 4.78 is 5.07. The van der Waals surface area contributed by atoms with Gasteiger partial charge >= 0.3 is 0 Å². The van der Waals surface area contributed by atoms with Gasteiger partial charge in [0.15, 0.2) is 0 Å². The van der Waals surface area contributed by atoms with Crippen molar-refractivity contribution in [2.45, 2.75) is 85.9 Å². The van der Waals surface area contributed by atoms with Crippen molar-refractivity contribution in [3.63, 3.8) is 0 Å². The van der Waals surface area contributed by atoms with Crippen LogP contribution < -0.4 is 27.5 Å². The van der Waals surface area contributed by atoms with Crippen molar-refractivity contribution in [3.05, 3.63) is 195 Å². The second-order valence-electron chi connectivity index (χ2n) is 16.5. The Morgan fingerprint density at radius 2 is 0.971 bits per heavy atom. The minimum atomic E-state index is -0.146. The van der Waals surface area contributed by atoms with Crippen molar-refractivity contribution >= 4 is 23.2 Å². The Morgan fingerprint density at radius 1 is 0.557 bits per heavy atom. The maximum Gasteiger partial charge on any atom is 0.257 e. The molecular weight excluding hydrogens is 908 g/mol. The molecule has 70 heavy (non-hydrogen) atoms. The van der Waals surface area contributed by atoms with E-state index in [4.69, 9.17) is 17.3 Å². The number of rotatable bonds is 13. The van der Waals surface area contributed by atoms with Crippen molar-refractivity contribution in [3.8, 4) is 17.8 Å². The SMILES string of the molecule is CC(C)c1c(NCc2cccnc2)nc(-n2ccnc2)[nH]c1=O.CC(C)c1c(NCc2cccnc2)nc(-n2ccnc2)[nH]c1=O.Cc1nc(-n2ccnc2)nc(Cl)c1C(C)C.NCc1cccnc1. The van der Waals surface area contributed by atoms with Crippen molar-refractivity contribution in [2.24, 2.45) is 5.73 Å². The lowest BCUT2D eigenvalue weighted by Gasteiger charge is -2.14. The van der Waals surface area contributed by atoms with Crippen LogP contribution in [0.4, 0.5) is 11.6 Å². The maximum atomic E-state index is 12.4. The van der Waals surface area contributed by atoms with E-state index in [0.717, 1.165) is 27.9 Å². The molecule has 20 nitrogen and oxygen atoms in total. The number of hydrogen-bond donors (Lipinski definition) is 5. The molecule has 0 aromatic carbocycles. The van der Waals surface area contributed by atoms with Crippen LogP contribution in [0.5, 0.6) is 0 Å². The highest BCUT2D eigenvalue weighted by Crippen LogP contribution is 2.26. The van der Waals surface area contributed by atoms with Gasteiger partial charge in [0.05, 0.1) is 11.1 Å². The largest absolute Gasteiger partial charge is 0.365 e. The molecule has 9 aromatic heterocycles. The first-order valence-electron chi connectivity index (χ1n) is 22.4. The molecular formula is C49H57ClN18O2. The van der Waals surface area contributed by atoms with E-state index in [1.807, 2.05) is 71.0 Å². The topological polar surface area (TPSA) is 259 Å². The average Bonchev–Trinajstić information content (AvgIpc) is 4.20. The van der Waals surface area contributed by atoms with Crippen LogP contribution in [0.1, 0.15) is 98.4 Å². The molecule has 9 heterocycles. The van der Waals surface area contributed by atoms with Gasteiger partial charge in [0, 0.05) is 105 Å². The lowest BCUT2D eigenvalue weighted by atomic mass is 10.0. The highest BCUT2D eigenvalue weighted by Gasteiger charge is 2.18. The number of pyridine rings is 3. The molecule has 0 atom stereocenters. The van der Waals surface area contributed by atoms with Gasteiger partial charge in [0.1, 0.15) is 35.8 Å². The third-order valence-electron chi connectivity index (χ3n) is 10.3. The number of nitrogens with one attached hydrogen (secondary N) is 4. The van der Waals surface area contributed by atoms with Gasteiger partial charge in [-0.25, -0.2) is 24.9 Å². The molecule has 0 radical (unpaired) electrons. The van der Waals surface area contributed by atoms with E-state index < -0.39 is 0 Å². The van der Waals surface area contributed by atoms with Crippen LogP contribution in [0.2, 0.25) is 5.15 Å². The number of halogens is 1. The van der Waals surface area contributed by atoms with E-state index in [1.165, 1.54) is 0 Å². The zero-order valence-electron chi connectivity index (χ0n) is 40.1. The van der Waals surface area contributed by atoms with Gasteiger partial charge in [-0.3, -0.25) is 48.2 Å². The first kappa shape index (κ1) is 51.2. The molecule has 0 amide bonds. The lowest BCUT2D eigenvalue weighted by molar-refractivity contribution is 0.809. The standard InChI is InChI=1S/2C16H18N6O.C11H13ClN4.C6H8N2/c2*1-11(2)13-14(19-9-12-4-3-5-17-8-12)20-16(21-15(13)23)22-7-6-18-10-22;1-7(2)9-8(3)14-11(15-10(9)12)16-5-4-13-6-16;7-4-6-2-1-3-8-5-6/h2*3-8,10-11H,9H2,1-2H3,(H2,19,20,21,23);4-7H,1-3H3;1-3,5H,4,7H2. The second kappa shape index (κ2) is 25.2. The lowest BCUT2D eigenvalue weighted by Crippen LogP contribution is -2.22. The summed E-state index contributed by atoms with van der Waals surface area (Å²) in [5, 5.41) is 7.02. The van der Waals surface area contributed by atoms with Crippen LogP contribution in [0.25, 0.3) is 17.8 Å². The molecule has 0 spiro atoms. The third kappa shape index (κ3) is 14.2. The van der Waals surface area contributed by atoms with Crippen LogP contribution in [-0.2, 0) is 19.6 Å². The van der Waals surface area contributed by atoms with Crippen LogP contribution in [0, 0.1) is 6.92 Å². The Morgan fingerprint density at radius 3 is 1.30 bits per heavy atom. The van der Waals surface area contributed by atoms with E-state index >= 15 is 0 Å². The molecule has 9 rings (SSSR count). The van der Waals surface area contributed by atoms with E-state index in [-0.39, 0.29) is 23.0 Å². The van der Waals surface area contributed by atoms with Gasteiger partial charge in [-0.2, -0.15) is 9.97 Å². The number of hydrogen-bond acceptors (Lipinski definition) is 15. The third-order valence-corrected chi connectivity index (χ3v) is 10.5. The fourth-order valence-electron chi connectivity index (χ4n) is 6.87. The highest BCUT2D eigenvalue weighted by molar-refractivity contribution is 6.30. The molecule has 0 saturated heterocycles. The van der Waals surface area contributed by atoms with Gasteiger partial charge in [0.2, 0.25) is 17.8 Å². The highest BCUT2D eigenvalue weighted by atomic mass is 35.5. The maximum absolute atomic E-state index is 12.4. The van der Waals surface area contributed by atoms with E-state index in [1.54, 1.807) is 107 Å². The summed E-state index contributed by atoms with van der Waals surface area (Å²) in [6.07, 6.45) is 25.6. The predicted molar refractivity (Wildman–Crippen MR) is 270 cm³/mol. The Labute approximate surface area is 410 Å². The zero-order chi connectivity index (χ0) is 50.0. The molecule has 362 valence electrons. The van der Waals surface area contributed by atoms with Gasteiger partial charge in [0.25, 0.3) is 11.1 Å². The number of nitrogens with two attached hydrogens (primary N) is 1. The number of imidazole rings is 3. The van der Waals surface area contributed by atoms with Gasteiger partial charge < -0.3 is 16.4 Å². The number of aromatic nitrogens is 15. The van der Waals surface area contributed by atoms with Crippen LogP contribution in [-0.4, -0.2) is 73.5 Å². The van der Waals surface area contributed by atoms with Crippen molar-refractivity contribution in [1.82, 2.24) is 73.5 Å². The minimum absolute atomic E-state index is 0.0551.